The standard InChI is InChI=1S/C9H14N2O2/c1-12-4-5-13-9-3-2-8(6-10)11-7-9/h2-3,7H,4-6,10H2,1H3. The van der Waals surface area contributed by atoms with Gasteiger partial charge in [0.1, 0.15) is 12.4 Å². The number of hydrogen-bond donors (Lipinski definition) is 1. The van der Waals surface area contributed by atoms with Crippen LogP contribution in [0.5, 0.6) is 5.75 Å². The van der Waals surface area contributed by atoms with Crippen LogP contribution in [0, 0.1) is 0 Å². The molecule has 0 saturated carbocycles. The van der Waals surface area contributed by atoms with Crippen LogP contribution in [0.25, 0.3) is 0 Å². The van der Waals surface area contributed by atoms with Gasteiger partial charge in [-0.25, -0.2) is 0 Å². The summed E-state index contributed by atoms with van der Waals surface area (Å²) in [6.07, 6.45) is 1.66. The number of rotatable bonds is 5. The summed E-state index contributed by atoms with van der Waals surface area (Å²) in [6, 6.07) is 3.70. The number of hydrogen-bond acceptors (Lipinski definition) is 4. The van der Waals surface area contributed by atoms with E-state index < -0.39 is 0 Å². The molecule has 0 aromatic carbocycles. The van der Waals surface area contributed by atoms with Gasteiger partial charge in [-0.15, -0.1) is 0 Å². The van der Waals surface area contributed by atoms with E-state index in [0.29, 0.717) is 19.8 Å². The zero-order chi connectivity index (χ0) is 9.52. The molecule has 1 heterocycles. The second-order valence-corrected chi connectivity index (χ2v) is 2.53. The quantitative estimate of drug-likeness (QED) is 0.676. The highest BCUT2D eigenvalue weighted by atomic mass is 16.5. The van der Waals surface area contributed by atoms with Gasteiger partial charge in [-0.2, -0.15) is 0 Å². The van der Waals surface area contributed by atoms with Crippen LogP contribution in [0.2, 0.25) is 0 Å². The normalized spacial score (nSPS) is 10.0. The molecular formula is C9H14N2O2. The van der Waals surface area contributed by atoms with Crippen molar-refractivity contribution in [2.75, 3.05) is 20.3 Å². The molecule has 13 heavy (non-hydrogen) atoms. The monoisotopic (exact) mass is 182 g/mol. The molecule has 4 nitrogen and oxygen atoms in total. The SMILES string of the molecule is COCCOc1ccc(CN)nc1. The average molecular weight is 182 g/mol. The number of methoxy groups -OCH3 is 1. The zero-order valence-corrected chi connectivity index (χ0v) is 7.69. The van der Waals surface area contributed by atoms with Crippen LogP contribution >= 0.6 is 0 Å². The maximum absolute atomic E-state index is 5.40. The summed E-state index contributed by atoms with van der Waals surface area (Å²) in [4.78, 5) is 4.09. The van der Waals surface area contributed by atoms with Gasteiger partial charge in [-0.3, -0.25) is 4.98 Å². The van der Waals surface area contributed by atoms with E-state index >= 15 is 0 Å². The fraction of sp³-hybridized carbons (Fsp3) is 0.444. The summed E-state index contributed by atoms with van der Waals surface area (Å²) in [5.74, 6) is 0.745. The molecule has 72 valence electrons. The Morgan fingerprint density at radius 1 is 1.38 bits per heavy atom. The van der Waals surface area contributed by atoms with Gasteiger partial charge in [0, 0.05) is 13.7 Å². The van der Waals surface area contributed by atoms with Gasteiger partial charge in [0.05, 0.1) is 18.5 Å². The van der Waals surface area contributed by atoms with Gasteiger partial charge in [0.2, 0.25) is 0 Å². The Bertz CT molecular complexity index is 236. The van der Waals surface area contributed by atoms with Crippen LogP contribution in [-0.2, 0) is 11.3 Å². The van der Waals surface area contributed by atoms with Gasteiger partial charge in [0.15, 0.2) is 0 Å². The Morgan fingerprint density at radius 3 is 2.77 bits per heavy atom. The van der Waals surface area contributed by atoms with Crippen molar-refractivity contribution < 1.29 is 9.47 Å². The Labute approximate surface area is 77.7 Å². The Balaban J connectivity index is 2.40. The molecule has 0 fully saturated rings. The minimum absolute atomic E-state index is 0.457. The number of ether oxygens (including phenoxy) is 2. The molecule has 0 aliphatic heterocycles. The van der Waals surface area contributed by atoms with Crippen molar-refractivity contribution in [3.63, 3.8) is 0 Å². The van der Waals surface area contributed by atoms with Gasteiger partial charge in [-0.05, 0) is 12.1 Å². The second kappa shape index (κ2) is 5.50. The molecule has 0 aliphatic rings. The zero-order valence-electron chi connectivity index (χ0n) is 7.69. The number of nitrogens with two attached hydrogens (primary N) is 1. The molecule has 2 N–H and O–H groups in total. The second-order valence-electron chi connectivity index (χ2n) is 2.53. The minimum Gasteiger partial charge on any atom is -0.490 e. The summed E-state index contributed by atoms with van der Waals surface area (Å²) < 4.78 is 10.2. The average Bonchev–Trinajstić information content (AvgIpc) is 2.19. The molecule has 0 radical (unpaired) electrons. The van der Waals surface area contributed by atoms with E-state index in [1.54, 1.807) is 13.3 Å². The molecule has 0 atom stereocenters. The van der Waals surface area contributed by atoms with Crippen LogP contribution < -0.4 is 10.5 Å². The minimum atomic E-state index is 0.457. The van der Waals surface area contributed by atoms with Crippen LogP contribution in [0.3, 0.4) is 0 Å². The summed E-state index contributed by atoms with van der Waals surface area (Å²) >= 11 is 0. The predicted octanol–water partition coefficient (Wildman–Crippen LogP) is 0.566. The first-order chi connectivity index (χ1) is 6.36. The summed E-state index contributed by atoms with van der Waals surface area (Å²) in [5.41, 5.74) is 6.26. The summed E-state index contributed by atoms with van der Waals surface area (Å²) in [7, 11) is 1.64. The summed E-state index contributed by atoms with van der Waals surface area (Å²) in [5, 5.41) is 0. The third kappa shape index (κ3) is 3.40. The Hall–Kier alpha value is -1.13. The number of pyridine rings is 1. The van der Waals surface area contributed by atoms with E-state index in [0.717, 1.165) is 11.4 Å². The van der Waals surface area contributed by atoms with Crippen molar-refractivity contribution in [2.45, 2.75) is 6.54 Å². The molecule has 0 saturated heterocycles. The first-order valence-electron chi connectivity index (χ1n) is 4.13. The van der Waals surface area contributed by atoms with E-state index in [9.17, 15) is 0 Å². The molecule has 0 amide bonds. The molecule has 0 spiro atoms. The molecular weight excluding hydrogens is 168 g/mol. The fourth-order valence-electron chi connectivity index (χ4n) is 0.860. The summed E-state index contributed by atoms with van der Waals surface area (Å²) in [6.45, 7) is 1.58. The van der Waals surface area contributed by atoms with Crippen LogP contribution in [-0.4, -0.2) is 25.3 Å². The van der Waals surface area contributed by atoms with E-state index in [4.69, 9.17) is 15.2 Å². The Morgan fingerprint density at radius 2 is 2.23 bits per heavy atom. The van der Waals surface area contributed by atoms with Gasteiger partial charge in [-0.1, -0.05) is 0 Å². The topological polar surface area (TPSA) is 57.4 Å². The lowest BCUT2D eigenvalue weighted by Gasteiger charge is -2.04. The Kier molecular flexibility index (Phi) is 4.21. The number of aromatic nitrogens is 1. The molecule has 0 bridgehead atoms. The first kappa shape index (κ1) is 9.95. The lowest BCUT2D eigenvalue weighted by Crippen LogP contribution is -2.05. The van der Waals surface area contributed by atoms with Gasteiger partial charge in [0.25, 0.3) is 0 Å². The lowest BCUT2D eigenvalue weighted by molar-refractivity contribution is 0.146. The third-order valence-corrected chi connectivity index (χ3v) is 1.56. The van der Waals surface area contributed by atoms with Crippen molar-refractivity contribution in [3.8, 4) is 5.75 Å². The van der Waals surface area contributed by atoms with Crippen molar-refractivity contribution in [3.05, 3.63) is 24.0 Å². The van der Waals surface area contributed by atoms with Crippen LogP contribution in [0.1, 0.15) is 5.69 Å². The van der Waals surface area contributed by atoms with Crippen molar-refractivity contribution in [1.29, 1.82) is 0 Å². The highest BCUT2D eigenvalue weighted by Gasteiger charge is 1.94. The van der Waals surface area contributed by atoms with E-state index in [1.165, 1.54) is 0 Å². The van der Waals surface area contributed by atoms with Crippen molar-refractivity contribution >= 4 is 0 Å². The van der Waals surface area contributed by atoms with Crippen LogP contribution in [0.4, 0.5) is 0 Å². The largest absolute Gasteiger partial charge is 0.490 e. The lowest BCUT2D eigenvalue weighted by atomic mass is 10.3. The van der Waals surface area contributed by atoms with Crippen molar-refractivity contribution in [1.82, 2.24) is 4.98 Å². The molecule has 1 aromatic rings. The third-order valence-electron chi connectivity index (χ3n) is 1.56. The molecule has 1 aromatic heterocycles. The highest BCUT2D eigenvalue weighted by molar-refractivity contribution is 5.19. The van der Waals surface area contributed by atoms with Crippen LogP contribution in [0.15, 0.2) is 18.3 Å². The maximum atomic E-state index is 5.40. The highest BCUT2D eigenvalue weighted by Crippen LogP contribution is 2.08. The molecule has 0 unspecified atom stereocenters. The van der Waals surface area contributed by atoms with Gasteiger partial charge < -0.3 is 15.2 Å². The molecule has 1 rings (SSSR count). The smallest absolute Gasteiger partial charge is 0.137 e. The number of nitrogens with zero attached hydrogens (tertiary/aromatic N) is 1. The van der Waals surface area contributed by atoms with E-state index in [2.05, 4.69) is 4.98 Å². The molecule has 4 heteroatoms. The fourth-order valence-corrected chi connectivity index (χ4v) is 0.860. The maximum Gasteiger partial charge on any atom is 0.137 e. The van der Waals surface area contributed by atoms with E-state index in [1.807, 2.05) is 12.1 Å². The predicted molar refractivity (Wildman–Crippen MR) is 49.5 cm³/mol. The molecule has 0 aliphatic carbocycles. The van der Waals surface area contributed by atoms with Crippen molar-refractivity contribution in [2.24, 2.45) is 5.73 Å². The van der Waals surface area contributed by atoms with E-state index in [-0.39, 0.29) is 0 Å². The van der Waals surface area contributed by atoms with Gasteiger partial charge >= 0.3 is 0 Å². The first-order valence-corrected chi connectivity index (χ1v) is 4.13.